The van der Waals surface area contributed by atoms with Crippen molar-refractivity contribution in [3.63, 3.8) is 0 Å². The van der Waals surface area contributed by atoms with Gasteiger partial charge in [0.2, 0.25) is 0 Å². The number of ether oxygens (including phenoxy) is 1. The number of benzene rings is 1. The number of likely N-dealkylation sites (tertiary alicyclic amines) is 1. The van der Waals surface area contributed by atoms with Crippen molar-refractivity contribution in [2.24, 2.45) is 0 Å². The molecule has 3 heteroatoms. The number of nitrogens with zero attached hydrogens (tertiary/aromatic N) is 2. The van der Waals surface area contributed by atoms with Gasteiger partial charge in [0.05, 0.1) is 6.61 Å². The molecule has 1 aromatic carbocycles. The standard InChI is InChI=1S/C20H32N2O/c1-3-21-13-10-18-15-20(9-8-19(18)16-21)23-14-6-12-22-11-5-4-7-17(22)2/h8-9,15,17H,3-7,10-14,16H2,1-2H3. The van der Waals surface area contributed by atoms with Gasteiger partial charge in [-0.05, 0) is 69.0 Å². The van der Waals surface area contributed by atoms with Gasteiger partial charge in [0.15, 0.2) is 0 Å². The Hall–Kier alpha value is -1.06. The molecule has 0 bridgehead atoms. The fourth-order valence-electron chi connectivity index (χ4n) is 3.89. The Morgan fingerprint density at radius 3 is 2.91 bits per heavy atom. The van der Waals surface area contributed by atoms with Gasteiger partial charge in [-0.1, -0.05) is 19.4 Å². The van der Waals surface area contributed by atoms with Gasteiger partial charge in [-0.15, -0.1) is 0 Å². The van der Waals surface area contributed by atoms with Crippen molar-refractivity contribution in [1.29, 1.82) is 0 Å². The van der Waals surface area contributed by atoms with Gasteiger partial charge >= 0.3 is 0 Å². The Kier molecular flexibility index (Phi) is 5.96. The quantitative estimate of drug-likeness (QED) is 0.744. The summed E-state index contributed by atoms with van der Waals surface area (Å²) in [6, 6.07) is 7.45. The third-order valence-electron chi connectivity index (χ3n) is 5.52. The van der Waals surface area contributed by atoms with Gasteiger partial charge in [0.1, 0.15) is 5.75 Å². The van der Waals surface area contributed by atoms with E-state index in [9.17, 15) is 0 Å². The molecule has 3 nitrogen and oxygen atoms in total. The molecule has 0 radical (unpaired) electrons. The van der Waals surface area contributed by atoms with Gasteiger partial charge < -0.3 is 9.64 Å². The highest BCUT2D eigenvalue weighted by Gasteiger charge is 2.17. The van der Waals surface area contributed by atoms with Crippen molar-refractivity contribution in [3.8, 4) is 5.75 Å². The number of hydrogen-bond donors (Lipinski definition) is 0. The zero-order valence-corrected chi connectivity index (χ0v) is 14.9. The van der Waals surface area contributed by atoms with Gasteiger partial charge in [-0.3, -0.25) is 4.90 Å². The molecule has 1 atom stereocenters. The summed E-state index contributed by atoms with van der Waals surface area (Å²) >= 11 is 0. The van der Waals surface area contributed by atoms with Crippen molar-refractivity contribution in [1.82, 2.24) is 9.80 Å². The second-order valence-corrected chi connectivity index (χ2v) is 7.13. The van der Waals surface area contributed by atoms with Crippen LogP contribution in [0, 0.1) is 0 Å². The van der Waals surface area contributed by atoms with E-state index in [1.54, 1.807) is 0 Å². The first-order valence-corrected chi connectivity index (χ1v) is 9.47. The molecule has 2 aliphatic rings. The van der Waals surface area contributed by atoms with Crippen LogP contribution in [-0.4, -0.2) is 48.6 Å². The Labute approximate surface area is 141 Å². The number of hydrogen-bond acceptors (Lipinski definition) is 3. The zero-order chi connectivity index (χ0) is 16.1. The lowest BCUT2D eigenvalue weighted by molar-refractivity contribution is 0.148. The first-order chi connectivity index (χ1) is 11.3. The van der Waals surface area contributed by atoms with E-state index in [1.165, 1.54) is 50.0 Å². The summed E-state index contributed by atoms with van der Waals surface area (Å²) in [6.07, 6.45) is 6.42. The molecule has 0 aliphatic carbocycles. The van der Waals surface area contributed by atoms with E-state index in [0.717, 1.165) is 44.3 Å². The molecule has 1 fully saturated rings. The lowest BCUT2D eigenvalue weighted by Crippen LogP contribution is -2.38. The second-order valence-electron chi connectivity index (χ2n) is 7.13. The van der Waals surface area contributed by atoms with Crippen LogP contribution >= 0.6 is 0 Å². The first kappa shape index (κ1) is 16.8. The Balaban J connectivity index is 1.44. The molecule has 0 saturated carbocycles. The molecule has 0 aromatic heterocycles. The normalized spacial score (nSPS) is 22.8. The lowest BCUT2D eigenvalue weighted by atomic mass is 9.99. The number of likely N-dealkylation sites (N-methyl/N-ethyl adjacent to an activating group) is 1. The molecule has 1 saturated heterocycles. The summed E-state index contributed by atoms with van der Waals surface area (Å²) in [4.78, 5) is 5.13. The predicted octanol–water partition coefficient (Wildman–Crippen LogP) is 3.71. The van der Waals surface area contributed by atoms with Crippen LogP contribution in [0.5, 0.6) is 5.75 Å². The maximum atomic E-state index is 6.01. The molecule has 1 aromatic rings. The summed E-state index contributed by atoms with van der Waals surface area (Å²) in [5.74, 6) is 1.06. The van der Waals surface area contributed by atoms with E-state index < -0.39 is 0 Å². The summed E-state index contributed by atoms with van der Waals surface area (Å²) in [5, 5.41) is 0. The molecule has 3 rings (SSSR count). The third-order valence-corrected chi connectivity index (χ3v) is 5.52. The predicted molar refractivity (Wildman–Crippen MR) is 96.1 cm³/mol. The summed E-state index contributed by atoms with van der Waals surface area (Å²) < 4.78 is 6.01. The monoisotopic (exact) mass is 316 g/mol. The highest BCUT2D eigenvalue weighted by Crippen LogP contribution is 2.24. The minimum absolute atomic E-state index is 0.758. The molecule has 2 aliphatic heterocycles. The molecular weight excluding hydrogens is 284 g/mol. The maximum Gasteiger partial charge on any atom is 0.119 e. The molecule has 0 amide bonds. The average Bonchev–Trinajstić information content (AvgIpc) is 2.59. The molecule has 2 heterocycles. The number of fused-ring (bicyclic) bond motifs is 1. The van der Waals surface area contributed by atoms with Gasteiger partial charge in [-0.25, -0.2) is 0 Å². The van der Waals surface area contributed by atoms with Crippen LogP contribution in [0.15, 0.2) is 18.2 Å². The Morgan fingerprint density at radius 2 is 2.09 bits per heavy atom. The van der Waals surface area contributed by atoms with Crippen LogP contribution in [0.25, 0.3) is 0 Å². The summed E-state index contributed by atoms with van der Waals surface area (Å²) in [6.45, 7) is 11.3. The largest absolute Gasteiger partial charge is 0.494 e. The van der Waals surface area contributed by atoms with Crippen molar-refractivity contribution < 1.29 is 4.74 Å². The van der Waals surface area contributed by atoms with Crippen LogP contribution in [0.2, 0.25) is 0 Å². The van der Waals surface area contributed by atoms with Crippen molar-refractivity contribution in [2.45, 2.75) is 58.5 Å². The van der Waals surface area contributed by atoms with Crippen molar-refractivity contribution in [3.05, 3.63) is 29.3 Å². The van der Waals surface area contributed by atoms with E-state index >= 15 is 0 Å². The Morgan fingerprint density at radius 1 is 1.17 bits per heavy atom. The summed E-state index contributed by atoms with van der Waals surface area (Å²) in [7, 11) is 0. The van der Waals surface area contributed by atoms with Gasteiger partial charge in [0.25, 0.3) is 0 Å². The van der Waals surface area contributed by atoms with E-state index in [-0.39, 0.29) is 0 Å². The number of piperidine rings is 1. The molecular formula is C20H32N2O. The van der Waals surface area contributed by atoms with Crippen LogP contribution in [-0.2, 0) is 13.0 Å². The lowest BCUT2D eigenvalue weighted by Gasteiger charge is -2.33. The number of rotatable bonds is 6. The third kappa shape index (κ3) is 4.48. The highest BCUT2D eigenvalue weighted by atomic mass is 16.5. The van der Waals surface area contributed by atoms with Gasteiger partial charge in [0, 0.05) is 25.7 Å². The maximum absolute atomic E-state index is 6.01. The second kappa shape index (κ2) is 8.16. The topological polar surface area (TPSA) is 15.7 Å². The Bertz CT molecular complexity index is 502. The molecule has 0 spiro atoms. The van der Waals surface area contributed by atoms with Crippen molar-refractivity contribution >= 4 is 0 Å². The van der Waals surface area contributed by atoms with E-state index in [0.29, 0.717) is 0 Å². The minimum atomic E-state index is 0.758. The molecule has 128 valence electrons. The van der Waals surface area contributed by atoms with Crippen LogP contribution < -0.4 is 4.74 Å². The average molecular weight is 316 g/mol. The molecule has 1 unspecified atom stereocenters. The fourth-order valence-corrected chi connectivity index (χ4v) is 3.89. The van der Waals surface area contributed by atoms with Gasteiger partial charge in [-0.2, -0.15) is 0 Å². The van der Waals surface area contributed by atoms with E-state index in [2.05, 4.69) is 41.8 Å². The fraction of sp³-hybridized carbons (Fsp3) is 0.700. The molecule has 0 N–H and O–H groups in total. The molecule has 23 heavy (non-hydrogen) atoms. The first-order valence-electron chi connectivity index (χ1n) is 9.47. The SMILES string of the molecule is CCN1CCc2cc(OCCCN3CCCCC3C)ccc2C1. The van der Waals surface area contributed by atoms with E-state index in [4.69, 9.17) is 4.74 Å². The van der Waals surface area contributed by atoms with Crippen LogP contribution in [0.4, 0.5) is 0 Å². The van der Waals surface area contributed by atoms with E-state index in [1.807, 2.05) is 0 Å². The zero-order valence-electron chi connectivity index (χ0n) is 14.9. The highest BCUT2D eigenvalue weighted by molar-refractivity contribution is 5.37. The van der Waals surface area contributed by atoms with Crippen LogP contribution in [0.3, 0.4) is 0 Å². The van der Waals surface area contributed by atoms with Crippen molar-refractivity contribution in [2.75, 3.05) is 32.8 Å². The minimum Gasteiger partial charge on any atom is -0.494 e. The van der Waals surface area contributed by atoms with Crippen LogP contribution in [0.1, 0.15) is 50.7 Å². The summed E-state index contributed by atoms with van der Waals surface area (Å²) in [5.41, 5.74) is 2.96. The smallest absolute Gasteiger partial charge is 0.119 e.